The number of rotatable bonds is 4. The van der Waals surface area contributed by atoms with Gasteiger partial charge >= 0.3 is 0 Å². The second-order valence-corrected chi connectivity index (χ2v) is 6.57. The number of ether oxygens (including phenoxy) is 1. The number of aromatic nitrogens is 3. The van der Waals surface area contributed by atoms with Gasteiger partial charge in [0.15, 0.2) is 0 Å². The topological polar surface area (TPSA) is 87.0 Å². The fourth-order valence-electron chi connectivity index (χ4n) is 3.31. The molecule has 3 rings (SSSR count). The Morgan fingerprint density at radius 1 is 1.16 bits per heavy atom. The molecule has 1 aliphatic heterocycles. The van der Waals surface area contributed by atoms with E-state index in [-0.39, 0.29) is 5.82 Å². The first-order valence-electron chi connectivity index (χ1n) is 8.40. The number of benzene rings is 1. The van der Waals surface area contributed by atoms with Gasteiger partial charge in [0, 0.05) is 13.1 Å². The molecule has 25 heavy (non-hydrogen) atoms. The maximum absolute atomic E-state index is 9.28. The van der Waals surface area contributed by atoms with Crippen molar-refractivity contribution in [2.45, 2.75) is 20.3 Å². The zero-order valence-electron chi connectivity index (χ0n) is 14.7. The number of nitriles is 1. The van der Waals surface area contributed by atoms with Crippen LogP contribution in [0.1, 0.15) is 26.1 Å². The van der Waals surface area contributed by atoms with Crippen LogP contribution in [-0.4, -0.2) is 35.2 Å². The Balaban J connectivity index is 1.91. The van der Waals surface area contributed by atoms with Crippen molar-refractivity contribution in [1.29, 1.82) is 5.26 Å². The number of methoxy groups -OCH3 is 1. The molecule has 2 unspecified atom stereocenters. The minimum Gasteiger partial charge on any atom is -0.495 e. The molecule has 7 nitrogen and oxygen atoms in total. The van der Waals surface area contributed by atoms with Gasteiger partial charge in [0.05, 0.1) is 12.8 Å². The molecule has 2 aromatic rings. The van der Waals surface area contributed by atoms with Crippen LogP contribution >= 0.6 is 0 Å². The van der Waals surface area contributed by atoms with Gasteiger partial charge in [-0.3, -0.25) is 0 Å². The van der Waals surface area contributed by atoms with Crippen LogP contribution in [0.25, 0.3) is 0 Å². The first-order valence-corrected chi connectivity index (χ1v) is 8.40. The summed E-state index contributed by atoms with van der Waals surface area (Å²) in [5, 5.41) is 12.4. The molecule has 1 aromatic carbocycles. The number of para-hydroxylation sites is 2. The lowest BCUT2D eigenvalue weighted by atomic mass is 9.92. The van der Waals surface area contributed by atoms with E-state index >= 15 is 0 Å². The lowest BCUT2D eigenvalue weighted by molar-refractivity contribution is 0.353. The summed E-state index contributed by atoms with van der Waals surface area (Å²) >= 11 is 0. The quantitative estimate of drug-likeness (QED) is 0.917. The summed E-state index contributed by atoms with van der Waals surface area (Å²) in [5.41, 5.74) is 0.742. The molecule has 0 saturated carbocycles. The van der Waals surface area contributed by atoms with Crippen LogP contribution in [0, 0.1) is 23.2 Å². The Morgan fingerprint density at radius 3 is 2.56 bits per heavy atom. The molecule has 7 heteroatoms. The van der Waals surface area contributed by atoms with Gasteiger partial charge in [0.1, 0.15) is 11.8 Å². The third-order valence-corrected chi connectivity index (χ3v) is 4.23. The third-order valence-electron chi connectivity index (χ3n) is 4.23. The van der Waals surface area contributed by atoms with Gasteiger partial charge in [0.25, 0.3) is 0 Å². The number of hydrogen-bond donors (Lipinski definition) is 1. The van der Waals surface area contributed by atoms with Crippen LogP contribution in [-0.2, 0) is 0 Å². The Morgan fingerprint density at radius 2 is 1.88 bits per heavy atom. The van der Waals surface area contributed by atoms with E-state index in [1.807, 2.05) is 30.3 Å². The maximum Gasteiger partial charge on any atom is 0.238 e. The van der Waals surface area contributed by atoms with E-state index < -0.39 is 0 Å². The van der Waals surface area contributed by atoms with Gasteiger partial charge in [-0.2, -0.15) is 20.2 Å². The van der Waals surface area contributed by atoms with Crippen molar-refractivity contribution in [2.75, 3.05) is 30.4 Å². The summed E-state index contributed by atoms with van der Waals surface area (Å²) in [6, 6.07) is 9.53. The van der Waals surface area contributed by atoms with Crippen molar-refractivity contribution in [1.82, 2.24) is 15.0 Å². The molecule has 0 aliphatic carbocycles. The maximum atomic E-state index is 9.28. The summed E-state index contributed by atoms with van der Waals surface area (Å²) in [5.74, 6) is 2.81. The Bertz CT molecular complexity index is 777. The average Bonchev–Trinajstić information content (AvgIpc) is 2.61. The highest BCUT2D eigenvalue weighted by Crippen LogP contribution is 2.27. The van der Waals surface area contributed by atoms with Gasteiger partial charge < -0.3 is 15.0 Å². The first kappa shape index (κ1) is 17.0. The van der Waals surface area contributed by atoms with Crippen molar-refractivity contribution in [3.63, 3.8) is 0 Å². The van der Waals surface area contributed by atoms with E-state index in [1.165, 1.54) is 6.42 Å². The lowest BCUT2D eigenvalue weighted by Gasteiger charge is -2.34. The Labute approximate surface area is 147 Å². The molecule has 0 bridgehead atoms. The fraction of sp³-hybridized carbons (Fsp3) is 0.444. The standard InChI is InChI=1S/C18H22N6O/c1-12-8-13(2)11-24(10-12)18-22-16(9-19)21-17(23-18)20-14-6-4-5-7-15(14)25-3/h4-7,12-13H,8,10-11H2,1-3H3,(H,20,21,22,23). The molecule has 130 valence electrons. The van der Waals surface area contributed by atoms with Gasteiger partial charge in [-0.25, -0.2) is 0 Å². The second kappa shape index (κ2) is 7.34. The second-order valence-electron chi connectivity index (χ2n) is 6.57. The number of anilines is 3. The third kappa shape index (κ3) is 3.97. The predicted molar refractivity (Wildman–Crippen MR) is 96.0 cm³/mol. The smallest absolute Gasteiger partial charge is 0.238 e. The normalized spacial score (nSPS) is 20.0. The van der Waals surface area contributed by atoms with E-state index in [9.17, 15) is 5.26 Å². The van der Waals surface area contributed by atoms with Crippen molar-refractivity contribution >= 4 is 17.6 Å². The van der Waals surface area contributed by atoms with Crippen LogP contribution in [0.15, 0.2) is 24.3 Å². The van der Waals surface area contributed by atoms with Crippen molar-refractivity contribution in [2.24, 2.45) is 11.8 Å². The molecule has 1 saturated heterocycles. The zero-order valence-corrected chi connectivity index (χ0v) is 14.7. The largest absolute Gasteiger partial charge is 0.495 e. The van der Waals surface area contributed by atoms with Crippen LogP contribution < -0.4 is 15.0 Å². The zero-order chi connectivity index (χ0) is 17.8. The lowest BCUT2D eigenvalue weighted by Crippen LogP contribution is -2.40. The van der Waals surface area contributed by atoms with Crippen LogP contribution in [0.2, 0.25) is 0 Å². The fourth-order valence-corrected chi connectivity index (χ4v) is 3.31. The van der Waals surface area contributed by atoms with Crippen molar-refractivity contribution in [3.05, 3.63) is 30.1 Å². The van der Waals surface area contributed by atoms with E-state index in [2.05, 4.69) is 39.0 Å². The van der Waals surface area contributed by atoms with Gasteiger partial charge in [0.2, 0.25) is 17.7 Å². The minimum atomic E-state index is 0.105. The van der Waals surface area contributed by atoms with E-state index in [0.29, 0.717) is 29.5 Å². The summed E-state index contributed by atoms with van der Waals surface area (Å²) in [7, 11) is 1.61. The van der Waals surface area contributed by atoms with E-state index in [0.717, 1.165) is 18.8 Å². The number of nitrogens with one attached hydrogen (secondary N) is 1. The molecule has 1 aliphatic rings. The molecule has 0 spiro atoms. The molecular weight excluding hydrogens is 316 g/mol. The van der Waals surface area contributed by atoms with Crippen molar-refractivity contribution < 1.29 is 4.74 Å². The number of hydrogen-bond acceptors (Lipinski definition) is 7. The minimum absolute atomic E-state index is 0.105. The summed E-state index contributed by atoms with van der Waals surface area (Å²) in [6.45, 7) is 6.22. The van der Waals surface area contributed by atoms with Gasteiger partial charge in [-0.15, -0.1) is 0 Å². The Hall–Kier alpha value is -2.88. The molecule has 1 N–H and O–H groups in total. The van der Waals surface area contributed by atoms with Crippen molar-refractivity contribution in [3.8, 4) is 11.8 Å². The van der Waals surface area contributed by atoms with Crippen LogP contribution in [0.4, 0.5) is 17.6 Å². The molecule has 0 radical (unpaired) electrons. The highest BCUT2D eigenvalue weighted by atomic mass is 16.5. The highest BCUT2D eigenvalue weighted by Gasteiger charge is 2.24. The summed E-state index contributed by atoms with van der Waals surface area (Å²) in [4.78, 5) is 15.1. The number of nitrogens with zero attached hydrogens (tertiary/aromatic N) is 5. The average molecular weight is 338 g/mol. The first-order chi connectivity index (χ1) is 12.1. The molecular formula is C18H22N6O. The Kier molecular flexibility index (Phi) is 4.98. The summed E-state index contributed by atoms with van der Waals surface area (Å²) < 4.78 is 5.34. The van der Waals surface area contributed by atoms with Crippen LogP contribution in [0.5, 0.6) is 5.75 Å². The molecule has 1 fully saturated rings. The molecule has 1 aromatic heterocycles. The highest BCUT2D eigenvalue weighted by molar-refractivity contribution is 5.63. The van der Waals surface area contributed by atoms with E-state index in [4.69, 9.17) is 4.74 Å². The number of piperidine rings is 1. The molecule has 0 amide bonds. The van der Waals surface area contributed by atoms with E-state index in [1.54, 1.807) is 7.11 Å². The molecule has 2 heterocycles. The van der Waals surface area contributed by atoms with Gasteiger partial charge in [-0.1, -0.05) is 26.0 Å². The summed E-state index contributed by atoms with van der Waals surface area (Å²) in [6.07, 6.45) is 1.19. The molecule has 2 atom stereocenters. The van der Waals surface area contributed by atoms with Gasteiger partial charge in [-0.05, 0) is 30.4 Å². The monoisotopic (exact) mass is 338 g/mol. The SMILES string of the molecule is COc1ccccc1Nc1nc(C#N)nc(N2CC(C)CC(C)C2)n1. The van der Waals surface area contributed by atoms with Crippen LogP contribution in [0.3, 0.4) is 0 Å². The predicted octanol–water partition coefficient (Wildman–Crippen LogP) is 2.98.